The zero-order valence-electron chi connectivity index (χ0n) is 7.86. The second-order valence-corrected chi connectivity index (χ2v) is 4.31. The SMILES string of the molecule is CC1NC(C)(C)CC(=N)C1C. The summed E-state index contributed by atoms with van der Waals surface area (Å²) in [5, 5.41) is 11.2. The van der Waals surface area contributed by atoms with Gasteiger partial charge < -0.3 is 10.7 Å². The average Bonchev–Trinajstić information content (AvgIpc) is 1.81. The van der Waals surface area contributed by atoms with Crippen molar-refractivity contribution in [2.75, 3.05) is 0 Å². The number of hydrogen-bond donors (Lipinski definition) is 2. The highest BCUT2D eigenvalue weighted by molar-refractivity contribution is 5.86. The summed E-state index contributed by atoms with van der Waals surface area (Å²) in [5.74, 6) is 0.406. The van der Waals surface area contributed by atoms with Crippen LogP contribution in [0.25, 0.3) is 0 Å². The fraction of sp³-hybridized carbons (Fsp3) is 0.889. The molecule has 2 N–H and O–H groups in total. The molecule has 11 heavy (non-hydrogen) atoms. The van der Waals surface area contributed by atoms with Crippen molar-refractivity contribution in [1.82, 2.24) is 5.32 Å². The van der Waals surface area contributed by atoms with Crippen molar-refractivity contribution in [3.63, 3.8) is 0 Å². The van der Waals surface area contributed by atoms with Crippen LogP contribution in [0.4, 0.5) is 0 Å². The van der Waals surface area contributed by atoms with Crippen LogP contribution in [0.3, 0.4) is 0 Å². The highest BCUT2D eigenvalue weighted by atomic mass is 15.0. The molecule has 2 unspecified atom stereocenters. The fourth-order valence-electron chi connectivity index (χ4n) is 1.73. The van der Waals surface area contributed by atoms with Crippen molar-refractivity contribution in [3.05, 3.63) is 0 Å². The lowest BCUT2D eigenvalue weighted by molar-refractivity contribution is 0.292. The highest BCUT2D eigenvalue weighted by Crippen LogP contribution is 2.22. The molecule has 0 amide bonds. The van der Waals surface area contributed by atoms with Gasteiger partial charge in [-0.3, -0.25) is 0 Å². The summed E-state index contributed by atoms with van der Waals surface area (Å²) in [6.07, 6.45) is 0.887. The molecule has 2 nitrogen and oxygen atoms in total. The summed E-state index contributed by atoms with van der Waals surface area (Å²) < 4.78 is 0. The fourth-order valence-corrected chi connectivity index (χ4v) is 1.73. The molecule has 0 bridgehead atoms. The smallest absolute Gasteiger partial charge is 0.0179 e. The molecule has 1 heterocycles. The molecular weight excluding hydrogens is 136 g/mol. The molecule has 1 aliphatic heterocycles. The molecule has 64 valence electrons. The van der Waals surface area contributed by atoms with Gasteiger partial charge in [-0.05, 0) is 20.8 Å². The Hall–Kier alpha value is -0.370. The predicted octanol–water partition coefficient (Wildman–Crippen LogP) is 1.80. The summed E-state index contributed by atoms with van der Waals surface area (Å²) in [4.78, 5) is 0. The van der Waals surface area contributed by atoms with Crippen molar-refractivity contribution in [1.29, 1.82) is 5.41 Å². The number of piperidine rings is 1. The van der Waals surface area contributed by atoms with E-state index in [9.17, 15) is 0 Å². The Kier molecular flexibility index (Phi) is 2.06. The van der Waals surface area contributed by atoms with Gasteiger partial charge in [0, 0.05) is 29.6 Å². The normalized spacial score (nSPS) is 37.3. The van der Waals surface area contributed by atoms with Gasteiger partial charge in [-0.1, -0.05) is 6.92 Å². The lowest BCUT2D eigenvalue weighted by atomic mass is 9.82. The number of nitrogens with one attached hydrogen (secondary N) is 2. The molecule has 0 aliphatic carbocycles. The molecule has 2 atom stereocenters. The Morgan fingerprint density at radius 3 is 2.45 bits per heavy atom. The van der Waals surface area contributed by atoms with Gasteiger partial charge in [-0.25, -0.2) is 0 Å². The zero-order chi connectivity index (χ0) is 8.65. The topological polar surface area (TPSA) is 35.9 Å². The van der Waals surface area contributed by atoms with Crippen molar-refractivity contribution >= 4 is 5.71 Å². The van der Waals surface area contributed by atoms with Crippen LogP contribution < -0.4 is 5.32 Å². The van der Waals surface area contributed by atoms with Crippen LogP contribution in [-0.2, 0) is 0 Å². The van der Waals surface area contributed by atoms with E-state index in [1.807, 2.05) is 0 Å². The Labute approximate surface area is 68.9 Å². The monoisotopic (exact) mass is 154 g/mol. The predicted molar refractivity (Wildman–Crippen MR) is 48.2 cm³/mol. The van der Waals surface area contributed by atoms with Crippen LogP contribution in [-0.4, -0.2) is 17.3 Å². The van der Waals surface area contributed by atoms with Gasteiger partial charge in [0.2, 0.25) is 0 Å². The summed E-state index contributed by atoms with van der Waals surface area (Å²) in [5.41, 5.74) is 1.02. The molecule has 0 radical (unpaired) electrons. The maximum atomic E-state index is 7.74. The van der Waals surface area contributed by atoms with E-state index in [0.29, 0.717) is 12.0 Å². The molecule has 0 aromatic carbocycles. The molecule has 0 saturated carbocycles. The first-order valence-electron chi connectivity index (χ1n) is 4.27. The second kappa shape index (κ2) is 2.59. The molecule has 1 fully saturated rings. The van der Waals surface area contributed by atoms with Gasteiger partial charge in [0.25, 0.3) is 0 Å². The maximum Gasteiger partial charge on any atom is 0.0179 e. The van der Waals surface area contributed by atoms with Crippen LogP contribution in [0.1, 0.15) is 34.1 Å². The lowest BCUT2D eigenvalue weighted by Gasteiger charge is -2.39. The zero-order valence-corrected chi connectivity index (χ0v) is 7.86. The molecule has 0 aromatic heterocycles. The lowest BCUT2D eigenvalue weighted by Crippen LogP contribution is -2.55. The molecule has 1 aliphatic rings. The third kappa shape index (κ3) is 1.80. The van der Waals surface area contributed by atoms with Crippen molar-refractivity contribution in [2.24, 2.45) is 5.92 Å². The van der Waals surface area contributed by atoms with Gasteiger partial charge in [-0.15, -0.1) is 0 Å². The first-order chi connectivity index (χ1) is 4.92. The molecular formula is C9H18N2. The third-order valence-electron chi connectivity index (χ3n) is 2.55. The number of rotatable bonds is 0. The molecule has 0 aromatic rings. The van der Waals surface area contributed by atoms with E-state index in [2.05, 4.69) is 33.0 Å². The summed E-state index contributed by atoms with van der Waals surface area (Å²) >= 11 is 0. The van der Waals surface area contributed by atoms with Crippen LogP contribution in [0.15, 0.2) is 0 Å². The number of hydrogen-bond acceptors (Lipinski definition) is 2. The van der Waals surface area contributed by atoms with E-state index in [1.54, 1.807) is 0 Å². The van der Waals surface area contributed by atoms with Crippen molar-refractivity contribution in [3.8, 4) is 0 Å². The van der Waals surface area contributed by atoms with Gasteiger partial charge in [0.15, 0.2) is 0 Å². The maximum absolute atomic E-state index is 7.74. The van der Waals surface area contributed by atoms with Crippen molar-refractivity contribution < 1.29 is 0 Å². The van der Waals surface area contributed by atoms with Crippen LogP contribution in [0.2, 0.25) is 0 Å². The summed E-state index contributed by atoms with van der Waals surface area (Å²) in [6.45, 7) is 8.59. The second-order valence-electron chi connectivity index (χ2n) is 4.31. The summed E-state index contributed by atoms with van der Waals surface area (Å²) in [7, 11) is 0. The standard InChI is InChI=1S/C9H18N2/c1-6-7(2)11-9(3,4)5-8(6)10/h6-7,10-11H,5H2,1-4H3. The summed E-state index contributed by atoms with van der Waals surface area (Å²) in [6, 6.07) is 0.450. The molecule has 0 spiro atoms. The van der Waals surface area contributed by atoms with E-state index in [4.69, 9.17) is 5.41 Å². The largest absolute Gasteiger partial charge is 0.309 e. The Morgan fingerprint density at radius 2 is 2.00 bits per heavy atom. The van der Waals surface area contributed by atoms with Gasteiger partial charge in [-0.2, -0.15) is 0 Å². The van der Waals surface area contributed by atoms with E-state index in [-0.39, 0.29) is 5.54 Å². The quantitative estimate of drug-likeness (QED) is 0.548. The first-order valence-corrected chi connectivity index (χ1v) is 4.27. The molecule has 1 rings (SSSR count). The van der Waals surface area contributed by atoms with Crippen LogP contribution in [0.5, 0.6) is 0 Å². The highest BCUT2D eigenvalue weighted by Gasteiger charge is 2.32. The van der Waals surface area contributed by atoms with Crippen LogP contribution >= 0.6 is 0 Å². The van der Waals surface area contributed by atoms with Crippen LogP contribution in [0, 0.1) is 11.3 Å². The van der Waals surface area contributed by atoms with Gasteiger partial charge in [0.05, 0.1) is 0 Å². The first kappa shape index (κ1) is 8.72. The average molecular weight is 154 g/mol. The minimum Gasteiger partial charge on any atom is -0.309 e. The Balaban J connectivity index is 2.70. The molecule has 2 heteroatoms. The van der Waals surface area contributed by atoms with E-state index >= 15 is 0 Å². The Morgan fingerprint density at radius 1 is 1.45 bits per heavy atom. The molecule has 1 saturated heterocycles. The van der Waals surface area contributed by atoms with Gasteiger partial charge in [0.1, 0.15) is 0 Å². The van der Waals surface area contributed by atoms with Crippen molar-refractivity contribution in [2.45, 2.75) is 45.7 Å². The van der Waals surface area contributed by atoms with Gasteiger partial charge >= 0.3 is 0 Å². The Bertz CT molecular complexity index is 172. The van der Waals surface area contributed by atoms with E-state index in [0.717, 1.165) is 12.1 Å². The van der Waals surface area contributed by atoms with E-state index in [1.165, 1.54) is 0 Å². The van der Waals surface area contributed by atoms with E-state index < -0.39 is 0 Å². The third-order valence-corrected chi connectivity index (χ3v) is 2.55. The minimum absolute atomic E-state index is 0.128. The minimum atomic E-state index is 0.128.